The number of hydrogen-bond acceptors (Lipinski definition) is 3. The number of rotatable bonds is 9. The Balaban J connectivity index is 0.00000392. The highest BCUT2D eigenvalue weighted by molar-refractivity contribution is 14.0. The van der Waals surface area contributed by atoms with Crippen molar-refractivity contribution >= 4 is 47.2 Å². The van der Waals surface area contributed by atoms with Gasteiger partial charge in [-0.25, -0.2) is 4.99 Å². The molecule has 0 saturated carbocycles. The van der Waals surface area contributed by atoms with Crippen LogP contribution < -0.4 is 16.0 Å². The second-order valence-electron chi connectivity index (χ2n) is 6.49. The van der Waals surface area contributed by atoms with E-state index in [1.807, 2.05) is 31.2 Å². The lowest BCUT2D eigenvalue weighted by molar-refractivity contribution is 0.0953. The molecule has 1 heterocycles. The van der Waals surface area contributed by atoms with Gasteiger partial charge in [-0.1, -0.05) is 26.0 Å². The van der Waals surface area contributed by atoms with Crippen LogP contribution in [-0.2, 0) is 6.54 Å². The molecule has 28 heavy (non-hydrogen) atoms. The molecule has 1 aromatic carbocycles. The monoisotopic (exact) mass is 514 g/mol. The number of amides is 1. The zero-order chi connectivity index (χ0) is 19.5. The van der Waals surface area contributed by atoms with Gasteiger partial charge in [-0.15, -0.1) is 24.0 Å². The van der Waals surface area contributed by atoms with E-state index in [9.17, 15) is 4.79 Å². The Morgan fingerprint density at radius 2 is 2.00 bits per heavy atom. The molecule has 0 fully saturated rings. The number of nitrogens with one attached hydrogen (secondary N) is 3. The van der Waals surface area contributed by atoms with Crippen molar-refractivity contribution in [2.75, 3.05) is 19.6 Å². The van der Waals surface area contributed by atoms with Crippen LogP contribution in [0.25, 0.3) is 0 Å². The highest BCUT2D eigenvalue weighted by Crippen LogP contribution is 2.17. The molecule has 2 rings (SSSR count). The molecular formula is C21H31IN4OS. The van der Waals surface area contributed by atoms with E-state index in [4.69, 9.17) is 0 Å². The molecule has 7 heteroatoms. The summed E-state index contributed by atoms with van der Waals surface area (Å²) in [7, 11) is 0. The number of guanidine groups is 1. The molecule has 0 aliphatic heterocycles. The summed E-state index contributed by atoms with van der Waals surface area (Å²) in [5.41, 5.74) is 3.04. The molecule has 1 atom stereocenters. The fraction of sp³-hybridized carbons (Fsp3) is 0.429. The summed E-state index contributed by atoms with van der Waals surface area (Å²) >= 11 is 1.72. The van der Waals surface area contributed by atoms with Gasteiger partial charge < -0.3 is 16.0 Å². The molecular weight excluding hydrogens is 483 g/mol. The van der Waals surface area contributed by atoms with E-state index < -0.39 is 0 Å². The number of halogens is 1. The molecule has 0 bridgehead atoms. The highest BCUT2D eigenvalue weighted by Gasteiger charge is 2.08. The van der Waals surface area contributed by atoms with Gasteiger partial charge in [0.05, 0.1) is 6.54 Å². The average Bonchev–Trinajstić information content (AvgIpc) is 3.23. The third-order valence-electron chi connectivity index (χ3n) is 4.18. The van der Waals surface area contributed by atoms with Crippen LogP contribution >= 0.6 is 35.3 Å². The maximum Gasteiger partial charge on any atom is 0.251 e. The summed E-state index contributed by atoms with van der Waals surface area (Å²) in [5, 5.41) is 13.9. The molecule has 1 unspecified atom stereocenters. The fourth-order valence-corrected chi connectivity index (χ4v) is 3.37. The lowest BCUT2D eigenvalue weighted by atomic mass is 10.1. The maximum atomic E-state index is 12.1. The molecule has 0 aliphatic carbocycles. The lowest BCUT2D eigenvalue weighted by Gasteiger charge is -2.15. The van der Waals surface area contributed by atoms with Crippen LogP contribution in [0.3, 0.4) is 0 Å². The number of thiophene rings is 1. The second-order valence-corrected chi connectivity index (χ2v) is 7.27. The Morgan fingerprint density at radius 1 is 1.18 bits per heavy atom. The van der Waals surface area contributed by atoms with Crippen molar-refractivity contribution < 1.29 is 4.79 Å². The SMILES string of the molecule is CCCNC(=O)c1cccc(CN=C(NCC)NCC(C)c2ccsc2)c1.I. The normalized spacial score (nSPS) is 12.0. The lowest BCUT2D eigenvalue weighted by Crippen LogP contribution is -2.39. The van der Waals surface area contributed by atoms with Gasteiger partial charge in [0.15, 0.2) is 5.96 Å². The van der Waals surface area contributed by atoms with Gasteiger partial charge in [0.1, 0.15) is 0 Å². The number of hydrogen-bond donors (Lipinski definition) is 3. The Morgan fingerprint density at radius 3 is 2.68 bits per heavy atom. The molecule has 154 valence electrons. The quantitative estimate of drug-likeness (QED) is 0.265. The van der Waals surface area contributed by atoms with E-state index in [-0.39, 0.29) is 29.9 Å². The van der Waals surface area contributed by atoms with Gasteiger partial charge in [0, 0.05) is 25.2 Å². The Labute approximate surface area is 189 Å². The summed E-state index contributed by atoms with van der Waals surface area (Å²) in [6.07, 6.45) is 0.928. The minimum atomic E-state index is -0.0303. The van der Waals surface area contributed by atoms with Crippen LogP contribution in [0.15, 0.2) is 46.1 Å². The molecule has 5 nitrogen and oxygen atoms in total. The number of carbonyl (C=O) groups is 1. The van der Waals surface area contributed by atoms with Crippen LogP contribution in [0, 0.1) is 0 Å². The summed E-state index contributed by atoms with van der Waals surface area (Å²) in [6.45, 7) is 9.14. The summed E-state index contributed by atoms with van der Waals surface area (Å²) < 4.78 is 0. The molecule has 3 N–H and O–H groups in total. The summed E-state index contributed by atoms with van der Waals surface area (Å²) in [5.74, 6) is 1.18. The smallest absolute Gasteiger partial charge is 0.251 e. The first-order chi connectivity index (χ1) is 13.1. The first-order valence-corrected chi connectivity index (χ1v) is 10.5. The topological polar surface area (TPSA) is 65.5 Å². The van der Waals surface area contributed by atoms with Crippen molar-refractivity contribution in [2.45, 2.75) is 39.7 Å². The zero-order valence-electron chi connectivity index (χ0n) is 16.8. The molecule has 0 radical (unpaired) electrons. The largest absolute Gasteiger partial charge is 0.357 e. The van der Waals surface area contributed by atoms with Crippen molar-refractivity contribution in [3.63, 3.8) is 0 Å². The number of benzene rings is 1. The third kappa shape index (κ3) is 8.18. The Kier molecular flexibility index (Phi) is 11.8. The van der Waals surface area contributed by atoms with Crippen molar-refractivity contribution in [3.05, 3.63) is 57.8 Å². The van der Waals surface area contributed by atoms with Gasteiger partial charge in [0.25, 0.3) is 5.91 Å². The third-order valence-corrected chi connectivity index (χ3v) is 4.88. The number of nitrogens with zero attached hydrogens (tertiary/aromatic N) is 1. The van der Waals surface area contributed by atoms with Crippen LogP contribution in [0.4, 0.5) is 0 Å². The van der Waals surface area contributed by atoms with E-state index in [1.54, 1.807) is 11.3 Å². The highest BCUT2D eigenvalue weighted by atomic mass is 127. The number of carbonyl (C=O) groups excluding carboxylic acids is 1. The molecule has 0 saturated heterocycles. The predicted molar refractivity (Wildman–Crippen MR) is 130 cm³/mol. The van der Waals surface area contributed by atoms with E-state index in [2.05, 4.69) is 51.6 Å². The molecule has 2 aromatic rings. The minimum Gasteiger partial charge on any atom is -0.357 e. The van der Waals surface area contributed by atoms with Gasteiger partial charge in [-0.2, -0.15) is 11.3 Å². The van der Waals surface area contributed by atoms with Gasteiger partial charge in [-0.05, 0) is 59.3 Å². The Hall–Kier alpha value is -1.61. The van der Waals surface area contributed by atoms with Crippen molar-refractivity contribution in [1.29, 1.82) is 0 Å². The van der Waals surface area contributed by atoms with Gasteiger partial charge >= 0.3 is 0 Å². The van der Waals surface area contributed by atoms with Gasteiger partial charge in [0.2, 0.25) is 0 Å². The zero-order valence-corrected chi connectivity index (χ0v) is 20.0. The van der Waals surface area contributed by atoms with E-state index >= 15 is 0 Å². The first kappa shape index (κ1) is 24.4. The van der Waals surface area contributed by atoms with E-state index in [1.165, 1.54) is 5.56 Å². The number of aliphatic imine (C=N–C) groups is 1. The standard InChI is InChI=1S/C21H30N4OS.HI/c1-4-10-23-20(26)18-8-6-7-17(12-18)14-25-21(22-5-2)24-13-16(3)19-9-11-27-15-19;/h6-9,11-12,15-16H,4-5,10,13-14H2,1-3H3,(H,23,26)(H2,22,24,25);1H. The first-order valence-electron chi connectivity index (χ1n) is 9.55. The molecule has 1 aromatic heterocycles. The van der Waals surface area contributed by atoms with Crippen LogP contribution in [0.5, 0.6) is 0 Å². The van der Waals surface area contributed by atoms with Crippen LogP contribution in [-0.4, -0.2) is 31.5 Å². The predicted octanol–water partition coefficient (Wildman–Crippen LogP) is 4.36. The van der Waals surface area contributed by atoms with Crippen LogP contribution in [0.1, 0.15) is 54.6 Å². The maximum absolute atomic E-state index is 12.1. The van der Waals surface area contributed by atoms with Crippen molar-refractivity contribution in [2.24, 2.45) is 4.99 Å². The molecule has 0 aliphatic rings. The van der Waals surface area contributed by atoms with E-state index in [0.717, 1.165) is 31.0 Å². The Bertz CT molecular complexity index is 734. The van der Waals surface area contributed by atoms with E-state index in [0.29, 0.717) is 24.6 Å². The van der Waals surface area contributed by atoms with Crippen molar-refractivity contribution in [1.82, 2.24) is 16.0 Å². The average molecular weight is 514 g/mol. The van der Waals surface area contributed by atoms with Crippen LogP contribution in [0.2, 0.25) is 0 Å². The summed E-state index contributed by atoms with van der Waals surface area (Å²) in [4.78, 5) is 16.8. The minimum absolute atomic E-state index is 0. The fourth-order valence-electron chi connectivity index (χ4n) is 2.59. The second kappa shape index (κ2) is 13.5. The van der Waals surface area contributed by atoms with Crippen molar-refractivity contribution in [3.8, 4) is 0 Å². The van der Waals surface area contributed by atoms with Gasteiger partial charge in [-0.3, -0.25) is 4.79 Å². The molecule has 1 amide bonds. The summed E-state index contributed by atoms with van der Waals surface area (Å²) in [6, 6.07) is 9.81. The molecule has 0 spiro atoms.